The third kappa shape index (κ3) is 2.78. The quantitative estimate of drug-likeness (QED) is 0.669. The van der Waals surface area contributed by atoms with Gasteiger partial charge in [0, 0.05) is 24.8 Å². The normalized spacial score (nSPS) is 10.3. The lowest BCUT2D eigenvalue weighted by Gasteiger charge is -2.23. The molecule has 0 aliphatic rings. The van der Waals surface area contributed by atoms with Gasteiger partial charge in [0.25, 0.3) is 5.69 Å². The van der Waals surface area contributed by atoms with Crippen molar-refractivity contribution in [3.63, 3.8) is 0 Å². The Morgan fingerprint density at radius 3 is 2.45 bits per heavy atom. The van der Waals surface area contributed by atoms with E-state index in [0.29, 0.717) is 18.8 Å². The highest BCUT2D eigenvalue weighted by atomic mass is 16.6. The molecule has 0 saturated heterocycles. The Morgan fingerprint density at radius 2 is 1.90 bits per heavy atom. The van der Waals surface area contributed by atoms with Gasteiger partial charge in [-0.1, -0.05) is 24.3 Å². The summed E-state index contributed by atoms with van der Waals surface area (Å²) in [6, 6.07) is 14.7. The van der Waals surface area contributed by atoms with E-state index in [4.69, 9.17) is 5.73 Å². The smallest absolute Gasteiger partial charge is 0.293 e. The molecule has 2 N–H and O–H groups in total. The molecule has 2 rings (SSSR count). The Hall–Kier alpha value is -2.40. The van der Waals surface area contributed by atoms with Gasteiger partial charge in [-0.15, -0.1) is 0 Å². The summed E-state index contributed by atoms with van der Waals surface area (Å²) in [5.74, 6) is 0. The molecule has 104 valence electrons. The van der Waals surface area contributed by atoms with Gasteiger partial charge < -0.3 is 10.6 Å². The number of nitro benzene ring substituents is 1. The molecule has 0 aromatic heterocycles. The van der Waals surface area contributed by atoms with Crippen molar-refractivity contribution in [2.24, 2.45) is 5.73 Å². The van der Waals surface area contributed by atoms with Gasteiger partial charge in [-0.25, -0.2) is 0 Å². The van der Waals surface area contributed by atoms with Crippen LogP contribution in [0.5, 0.6) is 0 Å². The maximum absolute atomic E-state index is 11.3. The highest BCUT2D eigenvalue weighted by Crippen LogP contribution is 2.34. The number of para-hydroxylation sites is 1. The maximum atomic E-state index is 11.3. The average molecular weight is 271 g/mol. The first kappa shape index (κ1) is 14.0. The fraction of sp³-hybridized carbons (Fsp3) is 0.200. The van der Waals surface area contributed by atoms with Gasteiger partial charge in [0.1, 0.15) is 5.69 Å². The lowest BCUT2D eigenvalue weighted by atomic mass is 10.1. The van der Waals surface area contributed by atoms with E-state index in [-0.39, 0.29) is 10.6 Å². The molecule has 0 atom stereocenters. The van der Waals surface area contributed by atoms with E-state index in [1.54, 1.807) is 12.1 Å². The van der Waals surface area contributed by atoms with Gasteiger partial charge in [0.15, 0.2) is 0 Å². The van der Waals surface area contributed by atoms with Crippen molar-refractivity contribution >= 4 is 17.1 Å². The van der Waals surface area contributed by atoms with E-state index in [1.807, 2.05) is 48.2 Å². The van der Waals surface area contributed by atoms with Crippen LogP contribution in [0.2, 0.25) is 0 Å². The predicted molar refractivity (Wildman–Crippen MR) is 80.1 cm³/mol. The number of benzene rings is 2. The molecule has 0 spiro atoms. The van der Waals surface area contributed by atoms with E-state index < -0.39 is 0 Å². The van der Waals surface area contributed by atoms with Crippen molar-refractivity contribution in [2.45, 2.75) is 13.5 Å². The molecule has 0 fully saturated rings. The van der Waals surface area contributed by atoms with Crippen LogP contribution in [0.25, 0.3) is 0 Å². The zero-order chi connectivity index (χ0) is 14.5. The van der Waals surface area contributed by atoms with Gasteiger partial charge in [-0.3, -0.25) is 10.1 Å². The molecule has 2 aromatic carbocycles. The first-order chi connectivity index (χ1) is 9.67. The summed E-state index contributed by atoms with van der Waals surface area (Å²) in [7, 11) is 0. The minimum Gasteiger partial charge on any atom is -0.336 e. The molecule has 2 aromatic rings. The summed E-state index contributed by atoms with van der Waals surface area (Å²) in [5.41, 5.74) is 7.90. The zero-order valence-corrected chi connectivity index (χ0v) is 11.3. The maximum Gasteiger partial charge on any atom is 0.293 e. The van der Waals surface area contributed by atoms with Crippen LogP contribution in [0, 0.1) is 10.1 Å². The number of hydrogen-bond acceptors (Lipinski definition) is 4. The van der Waals surface area contributed by atoms with E-state index in [2.05, 4.69) is 0 Å². The summed E-state index contributed by atoms with van der Waals surface area (Å²) < 4.78 is 0. The van der Waals surface area contributed by atoms with E-state index in [9.17, 15) is 10.1 Å². The van der Waals surface area contributed by atoms with E-state index in [1.165, 1.54) is 0 Å². The molecule has 0 bridgehead atoms. The second-order valence-corrected chi connectivity index (χ2v) is 4.36. The Balaban J connectivity index is 2.52. The lowest BCUT2D eigenvalue weighted by Crippen LogP contribution is -2.17. The van der Waals surface area contributed by atoms with Crippen molar-refractivity contribution in [2.75, 3.05) is 11.4 Å². The molecule has 0 aliphatic carbocycles. The summed E-state index contributed by atoms with van der Waals surface area (Å²) in [6.45, 7) is 2.90. The Bertz CT molecular complexity index is 599. The summed E-state index contributed by atoms with van der Waals surface area (Å²) >= 11 is 0. The molecule has 0 aliphatic heterocycles. The largest absolute Gasteiger partial charge is 0.336 e. The number of nitrogens with zero attached hydrogens (tertiary/aromatic N) is 2. The number of rotatable bonds is 5. The van der Waals surface area contributed by atoms with Crippen LogP contribution in [0.4, 0.5) is 17.1 Å². The standard InChI is InChI=1S/C15H17N3O2/c1-2-17(13-6-4-3-5-7-13)14-9-8-12(11-16)10-15(14)18(19)20/h3-10H,2,11,16H2,1H3. The van der Waals surface area contributed by atoms with Crippen molar-refractivity contribution in [3.05, 3.63) is 64.2 Å². The monoisotopic (exact) mass is 271 g/mol. The topological polar surface area (TPSA) is 72.4 Å². The molecule has 5 nitrogen and oxygen atoms in total. The highest BCUT2D eigenvalue weighted by Gasteiger charge is 2.20. The first-order valence-corrected chi connectivity index (χ1v) is 6.47. The number of nitro groups is 1. The molecular weight excluding hydrogens is 254 g/mol. The minimum atomic E-state index is -0.361. The second-order valence-electron chi connectivity index (χ2n) is 4.36. The summed E-state index contributed by atoms with van der Waals surface area (Å²) in [6.07, 6.45) is 0. The van der Waals surface area contributed by atoms with Crippen LogP contribution >= 0.6 is 0 Å². The summed E-state index contributed by atoms with van der Waals surface area (Å²) in [5, 5.41) is 11.3. The van der Waals surface area contributed by atoms with Gasteiger partial charge in [-0.2, -0.15) is 0 Å². The highest BCUT2D eigenvalue weighted by molar-refractivity contribution is 5.72. The fourth-order valence-electron chi connectivity index (χ4n) is 2.17. The molecule has 0 saturated carbocycles. The molecule has 0 radical (unpaired) electrons. The van der Waals surface area contributed by atoms with Crippen LogP contribution in [-0.2, 0) is 6.54 Å². The van der Waals surface area contributed by atoms with Crippen LogP contribution in [0.3, 0.4) is 0 Å². The molecule has 0 amide bonds. The molecule has 5 heteroatoms. The number of nitrogens with two attached hydrogens (primary N) is 1. The Labute approximate surface area is 117 Å². The molecular formula is C15H17N3O2. The van der Waals surface area contributed by atoms with Crippen molar-refractivity contribution in [1.82, 2.24) is 0 Å². The third-order valence-corrected chi connectivity index (χ3v) is 3.15. The second kappa shape index (κ2) is 6.16. The van der Waals surface area contributed by atoms with Gasteiger partial charge >= 0.3 is 0 Å². The van der Waals surface area contributed by atoms with Gasteiger partial charge in [0.05, 0.1) is 4.92 Å². The lowest BCUT2D eigenvalue weighted by molar-refractivity contribution is -0.384. The Kier molecular flexibility index (Phi) is 4.32. The van der Waals surface area contributed by atoms with Crippen molar-refractivity contribution in [1.29, 1.82) is 0 Å². The van der Waals surface area contributed by atoms with Gasteiger partial charge in [-0.05, 0) is 30.7 Å². The fourth-order valence-corrected chi connectivity index (χ4v) is 2.17. The predicted octanol–water partition coefficient (Wildman–Crippen LogP) is 3.21. The number of anilines is 2. The van der Waals surface area contributed by atoms with E-state index in [0.717, 1.165) is 11.3 Å². The average Bonchev–Trinajstić information content (AvgIpc) is 2.49. The molecule has 0 unspecified atom stereocenters. The van der Waals surface area contributed by atoms with Crippen molar-refractivity contribution < 1.29 is 4.92 Å². The minimum absolute atomic E-state index is 0.0821. The third-order valence-electron chi connectivity index (χ3n) is 3.15. The van der Waals surface area contributed by atoms with Crippen LogP contribution in [-0.4, -0.2) is 11.5 Å². The summed E-state index contributed by atoms with van der Waals surface area (Å²) in [4.78, 5) is 12.8. The van der Waals surface area contributed by atoms with Crippen LogP contribution < -0.4 is 10.6 Å². The van der Waals surface area contributed by atoms with E-state index >= 15 is 0 Å². The van der Waals surface area contributed by atoms with Crippen LogP contribution in [0.15, 0.2) is 48.5 Å². The first-order valence-electron chi connectivity index (χ1n) is 6.47. The molecule has 20 heavy (non-hydrogen) atoms. The van der Waals surface area contributed by atoms with Gasteiger partial charge in [0.2, 0.25) is 0 Å². The number of hydrogen-bond donors (Lipinski definition) is 1. The molecule has 0 heterocycles. The van der Waals surface area contributed by atoms with Crippen LogP contribution in [0.1, 0.15) is 12.5 Å². The Morgan fingerprint density at radius 1 is 1.20 bits per heavy atom. The zero-order valence-electron chi connectivity index (χ0n) is 11.3. The SMILES string of the molecule is CCN(c1ccccc1)c1ccc(CN)cc1[N+](=O)[O-]. The van der Waals surface area contributed by atoms with Crippen molar-refractivity contribution in [3.8, 4) is 0 Å².